The van der Waals surface area contributed by atoms with Crippen molar-refractivity contribution in [2.45, 2.75) is 59.0 Å². The molecule has 1 aliphatic heterocycles. The summed E-state index contributed by atoms with van der Waals surface area (Å²) >= 11 is 0. The molecule has 0 spiro atoms. The molecule has 2 unspecified atom stereocenters. The zero-order chi connectivity index (χ0) is 16.2. The third-order valence-corrected chi connectivity index (χ3v) is 3.73. The van der Waals surface area contributed by atoms with E-state index in [0.29, 0.717) is 19.4 Å². The van der Waals surface area contributed by atoms with Gasteiger partial charge in [-0.3, -0.25) is 9.59 Å². The number of amides is 1. The summed E-state index contributed by atoms with van der Waals surface area (Å²) in [4.78, 5) is 37.4. The lowest BCUT2D eigenvalue weighted by Crippen LogP contribution is -2.52. The first-order valence-electron chi connectivity index (χ1n) is 7.27. The van der Waals surface area contributed by atoms with Crippen molar-refractivity contribution in [1.29, 1.82) is 0 Å². The first kappa shape index (κ1) is 17.5. The maximum absolute atomic E-state index is 12.2. The number of rotatable bonds is 5. The summed E-state index contributed by atoms with van der Waals surface area (Å²) < 4.78 is 9.77. The molecule has 0 bridgehead atoms. The summed E-state index contributed by atoms with van der Waals surface area (Å²) in [7, 11) is 1.31. The number of likely N-dealkylation sites (tertiary alicyclic amines) is 1. The van der Waals surface area contributed by atoms with Crippen LogP contribution in [0.5, 0.6) is 0 Å². The average molecular weight is 299 g/mol. The van der Waals surface area contributed by atoms with E-state index in [1.54, 1.807) is 6.92 Å². The predicted octanol–water partition coefficient (Wildman–Crippen LogP) is 1.52. The van der Waals surface area contributed by atoms with Gasteiger partial charge in [0.1, 0.15) is 6.04 Å². The van der Waals surface area contributed by atoms with Crippen molar-refractivity contribution in [3.63, 3.8) is 0 Å². The molecule has 1 fully saturated rings. The van der Waals surface area contributed by atoms with Crippen LogP contribution < -0.4 is 0 Å². The van der Waals surface area contributed by atoms with Crippen molar-refractivity contribution < 1.29 is 23.9 Å². The number of nitrogens with zero attached hydrogens (tertiary/aromatic N) is 1. The van der Waals surface area contributed by atoms with Crippen molar-refractivity contribution in [2.24, 2.45) is 5.41 Å². The number of carbonyl (C=O) groups excluding carboxylic acids is 3. The smallest absolute Gasteiger partial charge is 0.328 e. The summed E-state index contributed by atoms with van der Waals surface area (Å²) in [5.41, 5.74) is -0.348. The van der Waals surface area contributed by atoms with Crippen LogP contribution in [0.1, 0.15) is 47.0 Å². The fourth-order valence-electron chi connectivity index (χ4n) is 2.66. The minimum absolute atomic E-state index is 0.0799. The molecule has 120 valence electrons. The lowest BCUT2D eigenvalue weighted by atomic mass is 9.83. The molecule has 0 aromatic heterocycles. The molecule has 1 rings (SSSR count). The van der Waals surface area contributed by atoms with E-state index in [2.05, 4.69) is 0 Å². The Bertz CT molecular complexity index is 413. The standard InChI is InChI=1S/C15H25NO5/c1-6-21-13(18)9-11(15(2,3)4)16-10(14(19)20-5)7-8-12(16)17/h10-11H,6-9H2,1-5H3. The van der Waals surface area contributed by atoms with Crippen molar-refractivity contribution in [3.8, 4) is 0 Å². The maximum Gasteiger partial charge on any atom is 0.328 e. The van der Waals surface area contributed by atoms with E-state index in [9.17, 15) is 14.4 Å². The Labute approximate surface area is 125 Å². The van der Waals surface area contributed by atoms with Gasteiger partial charge >= 0.3 is 11.9 Å². The average Bonchev–Trinajstić information content (AvgIpc) is 2.76. The summed E-state index contributed by atoms with van der Waals surface area (Å²) in [5, 5.41) is 0. The number of carbonyl (C=O) groups is 3. The number of methoxy groups -OCH3 is 1. The molecule has 6 nitrogen and oxygen atoms in total. The minimum Gasteiger partial charge on any atom is -0.467 e. The molecule has 0 aromatic rings. The largest absolute Gasteiger partial charge is 0.467 e. The Kier molecular flexibility index (Phi) is 5.75. The summed E-state index contributed by atoms with van der Waals surface area (Å²) in [6.07, 6.45) is 0.812. The van der Waals surface area contributed by atoms with Crippen molar-refractivity contribution in [2.75, 3.05) is 13.7 Å². The zero-order valence-corrected chi connectivity index (χ0v) is 13.5. The molecule has 21 heavy (non-hydrogen) atoms. The molecule has 6 heteroatoms. The number of hydrogen-bond acceptors (Lipinski definition) is 5. The Morgan fingerprint density at radius 1 is 1.38 bits per heavy atom. The Morgan fingerprint density at radius 2 is 2.00 bits per heavy atom. The summed E-state index contributed by atoms with van der Waals surface area (Å²) in [6, 6.07) is -1.00. The van der Waals surface area contributed by atoms with E-state index < -0.39 is 18.1 Å². The first-order valence-corrected chi connectivity index (χ1v) is 7.27. The van der Waals surface area contributed by atoms with Gasteiger partial charge in [0.25, 0.3) is 0 Å². The predicted molar refractivity (Wildman–Crippen MR) is 76.4 cm³/mol. The normalized spacial score (nSPS) is 20.3. The van der Waals surface area contributed by atoms with Gasteiger partial charge in [-0.25, -0.2) is 4.79 Å². The van der Waals surface area contributed by atoms with E-state index in [4.69, 9.17) is 9.47 Å². The number of esters is 2. The van der Waals surface area contributed by atoms with Crippen molar-refractivity contribution >= 4 is 17.8 Å². The molecule has 1 saturated heterocycles. The highest BCUT2D eigenvalue weighted by Gasteiger charge is 2.45. The Balaban J connectivity index is 3.02. The van der Waals surface area contributed by atoms with E-state index >= 15 is 0 Å². The third kappa shape index (κ3) is 4.19. The molecule has 0 radical (unpaired) electrons. The number of hydrogen-bond donors (Lipinski definition) is 0. The van der Waals surface area contributed by atoms with Crippen LogP contribution in [-0.2, 0) is 23.9 Å². The van der Waals surface area contributed by atoms with E-state index in [0.717, 1.165) is 0 Å². The fraction of sp³-hybridized carbons (Fsp3) is 0.800. The van der Waals surface area contributed by atoms with E-state index in [1.165, 1.54) is 12.0 Å². The van der Waals surface area contributed by atoms with Gasteiger partial charge in [0.05, 0.1) is 20.1 Å². The lowest BCUT2D eigenvalue weighted by Gasteiger charge is -2.39. The van der Waals surface area contributed by atoms with Gasteiger partial charge in [-0.05, 0) is 18.8 Å². The fourth-order valence-corrected chi connectivity index (χ4v) is 2.66. The van der Waals surface area contributed by atoms with Crippen molar-refractivity contribution in [3.05, 3.63) is 0 Å². The second kappa shape index (κ2) is 6.91. The highest BCUT2D eigenvalue weighted by Crippen LogP contribution is 2.34. The minimum atomic E-state index is -0.610. The topological polar surface area (TPSA) is 72.9 Å². The summed E-state index contributed by atoms with van der Waals surface area (Å²) in [5.74, 6) is -0.908. The zero-order valence-electron chi connectivity index (χ0n) is 13.5. The second-order valence-corrected chi connectivity index (χ2v) is 6.27. The molecule has 0 aromatic carbocycles. The van der Waals surface area contributed by atoms with E-state index in [1.807, 2.05) is 20.8 Å². The van der Waals surface area contributed by atoms with Gasteiger partial charge in [0, 0.05) is 12.5 Å². The molecule has 1 amide bonds. The second-order valence-electron chi connectivity index (χ2n) is 6.27. The van der Waals surface area contributed by atoms with Crippen LogP contribution in [-0.4, -0.2) is 48.5 Å². The van der Waals surface area contributed by atoms with Gasteiger partial charge < -0.3 is 14.4 Å². The molecule has 0 aliphatic carbocycles. The highest BCUT2D eigenvalue weighted by atomic mass is 16.5. The van der Waals surface area contributed by atoms with Gasteiger partial charge in [-0.2, -0.15) is 0 Å². The lowest BCUT2D eigenvalue weighted by molar-refractivity contribution is -0.156. The Hall–Kier alpha value is -1.59. The van der Waals surface area contributed by atoms with Gasteiger partial charge in [-0.15, -0.1) is 0 Å². The van der Waals surface area contributed by atoms with Crippen LogP contribution in [0.3, 0.4) is 0 Å². The molecule has 1 heterocycles. The third-order valence-electron chi connectivity index (χ3n) is 3.73. The van der Waals surface area contributed by atoms with Crippen LogP contribution in [0.25, 0.3) is 0 Å². The molecule has 1 aliphatic rings. The van der Waals surface area contributed by atoms with Crippen LogP contribution in [0, 0.1) is 5.41 Å². The first-order chi connectivity index (χ1) is 9.72. The summed E-state index contributed by atoms with van der Waals surface area (Å²) in [6.45, 7) is 7.86. The van der Waals surface area contributed by atoms with Crippen LogP contribution in [0.15, 0.2) is 0 Å². The maximum atomic E-state index is 12.2. The highest BCUT2D eigenvalue weighted by molar-refractivity contribution is 5.89. The quantitative estimate of drug-likeness (QED) is 0.720. The van der Waals surface area contributed by atoms with Crippen LogP contribution >= 0.6 is 0 Å². The molecular formula is C15H25NO5. The molecule has 0 N–H and O–H groups in total. The van der Waals surface area contributed by atoms with Crippen LogP contribution in [0.2, 0.25) is 0 Å². The molecular weight excluding hydrogens is 274 g/mol. The van der Waals surface area contributed by atoms with Crippen LogP contribution in [0.4, 0.5) is 0 Å². The van der Waals surface area contributed by atoms with Crippen molar-refractivity contribution in [1.82, 2.24) is 4.90 Å². The monoisotopic (exact) mass is 299 g/mol. The number of ether oxygens (including phenoxy) is 2. The van der Waals surface area contributed by atoms with E-state index in [-0.39, 0.29) is 23.7 Å². The van der Waals surface area contributed by atoms with Gasteiger partial charge in [0.15, 0.2) is 0 Å². The molecule has 2 atom stereocenters. The Morgan fingerprint density at radius 3 is 2.48 bits per heavy atom. The molecule has 0 saturated carbocycles. The SMILES string of the molecule is CCOC(=O)CC(N1C(=O)CCC1C(=O)OC)C(C)(C)C. The van der Waals surface area contributed by atoms with Gasteiger partial charge in [-0.1, -0.05) is 20.8 Å². The van der Waals surface area contributed by atoms with Gasteiger partial charge in [0.2, 0.25) is 5.91 Å².